The summed E-state index contributed by atoms with van der Waals surface area (Å²) in [5.41, 5.74) is 0.299. The molecule has 0 unspecified atom stereocenters. The number of benzene rings is 1. The van der Waals surface area contributed by atoms with Gasteiger partial charge in [0, 0.05) is 13.1 Å². The fourth-order valence-corrected chi connectivity index (χ4v) is 2.11. The average molecular weight is 315 g/mol. The molecule has 0 saturated heterocycles. The fourth-order valence-electron chi connectivity index (χ4n) is 2.11. The summed E-state index contributed by atoms with van der Waals surface area (Å²) in [4.78, 5) is 25.3. The second kappa shape index (κ2) is 8.31. The van der Waals surface area contributed by atoms with Gasteiger partial charge in [0.15, 0.2) is 0 Å². The van der Waals surface area contributed by atoms with Gasteiger partial charge in [-0.15, -0.1) is 5.76 Å². The fraction of sp³-hybridized carbons (Fsp3) is 0.333. The molecular weight excluding hydrogens is 300 g/mol. The van der Waals surface area contributed by atoms with Crippen LogP contribution in [-0.2, 0) is 20.9 Å². The minimum atomic E-state index is -0.878. The first-order chi connectivity index (χ1) is 10.0. The Morgan fingerprint density at radius 2 is 2.00 bits per heavy atom. The predicted octanol–water partition coefficient (Wildman–Crippen LogP) is -2.26. The van der Waals surface area contributed by atoms with Crippen molar-refractivity contribution in [3.05, 3.63) is 47.0 Å². The Hall–Kier alpha value is -1.37. The molecule has 0 saturated carbocycles. The molecule has 2 rings (SSSR count). The van der Waals surface area contributed by atoms with Gasteiger partial charge in [-0.1, -0.05) is 12.1 Å². The van der Waals surface area contributed by atoms with E-state index in [1.54, 1.807) is 19.1 Å². The zero-order chi connectivity index (χ0) is 15.4. The normalized spacial score (nSPS) is 14.6. The molecule has 0 aliphatic carbocycles. The molecule has 5 nitrogen and oxygen atoms in total. The Morgan fingerprint density at radius 1 is 1.36 bits per heavy atom. The number of nitrogens with zero attached hydrogens (tertiary/aromatic N) is 1. The van der Waals surface area contributed by atoms with Gasteiger partial charge in [0.05, 0.1) is 6.61 Å². The van der Waals surface area contributed by atoms with Crippen LogP contribution in [0.2, 0.25) is 0 Å². The molecule has 1 aliphatic rings. The van der Waals surface area contributed by atoms with Crippen LogP contribution in [0.3, 0.4) is 0 Å². The predicted molar refractivity (Wildman–Crippen MR) is 70.1 cm³/mol. The third-order valence-electron chi connectivity index (χ3n) is 3.15. The zero-order valence-corrected chi connectivity index (χ0v) is 14.6. The Labute approximate surface area is 150 Å². The Balaban J connectivity index is 0.00000242. The van der Waals surface area contributed by atoms with E-state index in [2.05, 4.69) is 0 Å². The second-order valence-corrected chi connectivity index (χ2v) is 4.62. The van der Waals surface area contributed by atoms with Crippen LogP contribution in [0.4, 0.5) is 4.39 Å². The maximum Gasteiger partial charge on any atom is 1.00 e. The van der Waals surface area contributed by atoms with Crippen molar-refractivity contribution in [3.8, 4) is 0 Å². The summed E-state index contributed by atoms with van der Waals surface area (Å²) in [5, 5.41) is 11.7. The van der Waals surface area contributed by atoms with Gasteiger partial charge in [-0.25, -0.2) is 9.18 Å². The standard InChI is InChI=1S/C15H16FNO4.Na/c1-2-21-15(20)13-12(18)7-8-17(14(13)19)9-10-3-5-11(16)6-4-10;/h3-6,18H,2,7-9H2,1H3;/q;+1/p-1. The molecule has 112 valence electrons. The van der Waals surface area contributed by atoms with Crippen molar-refractivity contribution in [2.75, 3.05) is 13.2 Å². The van der Waals surface area contributed by atoms with Crippen molar-refractivity contribution in [1.82, 2.24) is 4.90 Å². The average Bonchev–Trinajstić information content (AvgIpc) is 2.45. The summed E-state index contributed by atoms with van der Waals surface area (Å²) < 4.78 is 17.6. The molecule has 1 aliphatic heterocycles. The number of carbonyl (C=O) groups is 2. The van der Waals surface area contributed by atoms with Gasteiger partial charge < -0.3 is 14.7 Å². The molecule has 1 aromatic carbocycles. The minimum absolute atomic E-state index is 0. The van der Waals surface area contributed by atoms with Crippen LogP contribution in [0, 0.1) is 5.82 Å². The third-order valence-corrected chi connectivity index (χ3v) is 3.15. The van der Waals surface area contributed by atoms with Crippen molar-refractivity contribution in [2.24, 2.45) is 0 Å². The van der Waals surface area contributed by atoms with Crippen LogP contribution in [0.15, 0.2) is 35.6 Å². The first-order valence-electron chi connectivity index (χ1n) is 6.64. The molecule has 0 radical (unpaired) electrons. The third kappa shape index (κ3) is 4.32. The van der Waals surface area contributed by atoms with E-state index in [-0.39, 0.29) is 61.5 Å². The summed E-state index contributed by atoms with van der Waals surface area (Å²) in [6.45, 7) is 2.15. The van der Waals surface area contributed by atoms with Crippen LogP contribution in [0.1, 0.15) is 18.9 Å². The first kappa shape index (κ1) is 18.7. The Kier molecular flexibility index (Phi) is 7.06. The van der Waals surface area contributed by atoms with E-state index in [9.17, 15) is 19.1 Å². The SMILES string of the molecule is CCOC(=O)C1=C([O-])CCN(Cc2ccc(F)cc2)C1=O.[Na+]. The molecule has 1 heterocycles. The minimum Gasteiger partial charge on any atom is -0.875 e. The molecule has 0 N–H and O–H groups in total. The van der Waals surface area contributed by atoms with Crippen LogP contribution in [0.5, 0.6) is 0 Å². The maximum atomic E-state index is 12.9. The number of carbonyl (C=O) groups excluding carboxylic acids is 2. The van der Waals surface area contributed by atoms with E-state index in [4.69, 9.17) is 4.74 Å². The molecule has 22 heavy (non-hydrogen) atoms. The van der Waals surface area contributed by atoms with Crippen molar-refractivity contribution >= 4 is 11.9 Å². The van der Waals surface area contributed by atoms with Crippen molar-refractivity contribution in [3.63, 3.8) is 0 Å². The number of esters is 1. The van der Waals surface area contributed by atoms with E-state index in [0.717, 1.165) is 5.56 Å². The molecule has 0 spiro atoms. The molecule has 1 amide bonds. The Morgan fingerprint density at radius 3 is 2.59 bits per heavy atom. The smallest absolute Gasteiger partial charge is 0.875 e. The molecule has 1 aromatic rings. The summed E-state index contributed by atoms with van der Waals surface area (Å²) in [6, 6.07) is 5.71. The topological polar surface area (TPSA) is 69.7 Å². The molecule has 0 atom stereocenters. The van der Waals surface area contributed by atoms with Gasteiger partial charge in [0.1, 0.15) is 11.4 Å². The van der Waals surface area contributed by atoms with Crippen molar-refractivity contribution in [2.45, 2.75) is 19.9 Å². The van der Waals surface area contributed by atoms with Crippen molar-refractivity contribution < 1.29 is 53.4 Å². The van der Waals surface area contributed by atoms with E-state index in [1.165, 1.54) is 17.0 Å². The van der Waals surface area contributed by atoms with E-state index in [0.29, 0.717) is 0 Å². The van der Waals surface area contributed by atoms with E-state index < -0.39 is 23.2 Å². The number of amides is 1. The monoisotopic (exact) mass is 315 g/mol. The van der Waals surface area contributed by atoms with Crippen LogP contribution >= 0.6 is 0 Å². The van der Waals surface area contributed by atoms with Gasteiger partial charge in [0.2, 0.25) is 0 Å². The van der Waals surface area contributed by atoms with Crippen molar-refractivity contribution in [1.29, 1.82) is 0 Å². The number of rotatable bonds is 4. The van der Waals surface area contributed by atoms with Gasteiger partial charge in [-0.2, -0.15) is 0 Å². The number of hydrogen-bond acceptors (Lipinski definition) is 4. The summed E-state index contributed by atoms with van der Waals surface area (Å²) in [5.74, 6) is -2.36. The Bertz CT molecular complexity index is 586. The summed E-state index contributed by atoms with van der Waals surface area (Å²) in [6.07, 6.45) is 0.0844. The quantitative estimate of drug-likeness (QED) is 0.357. The largest absolute Gasteiger partial charge is 1.00 e. The van der Waals surface area contributed by atoms with Crippen LogP contribution < -0.4 is 34.7 Å². The first-order valence-corrected chi connectivity index (χ1v) is 6.64. The van der Waals surface area contributed by atoms with Gasteiger partial charge in [-0.05, 0) is 31.0 Å². The molecule has 0 aromatic heterocycles. The van der Waals surface area contributed by atoms with Gasteiger partial charge >= 0.3 is 35.5 Å². The maximum absolute atomic E-state index is 12.9. The van der Waals surface area contributed by atoms with E-state index >= 15 is 0 Å². The van der Waals surface area contributed by atoms with Gasteiger partial charge in [0.25, 0.3) is 5.91 Å². The van der Waals surface area contributed by atoms with E-state index in [1.807, 2.05) is 0 Å². The van der Waals surface area contributed by atoms with Gasteiger partial charge in [-0.3, -0.25) is 4.79 Å². The molecule has 7 heteroatoms. The number of ether oxygens (including phenoxy) is 1. The number of hydrogen-bond donors (Lipinski definition) is 0. The number of halogens is 1. The molecule has 0 bridgehead atoms. The summed E-state index contributed by atoms with van der Waals surface area (Å²) in [7, 11) is 0. The molecular formula is C15H15FNNaO4. The zero-order valence-electron chi connectivity index (χ0n) is 12.6. The second-order valence-electron chi connectivity index (χ2n) is 4.62. The molecule has 0 fully saturated rings. The van der Waals surface area contributed by atoms with Crippen LogP contribution in [0.25, 0.3) is 0 Å². The van der Waals surface area contributed by atoms with Crippen LogP contribution in [-0.4, -0.2) is 29.9 Å². The summed E-state index contributed by atoms with van der Waals surface area (Å²) >= 11 is 0.